The van der Waals surface area contributed by atoms with Crippen LogP contribution in [0, 0.1) is 13.8 Å². The van der Waals surface area contributed by atoms with Crippen molar-refractivity contribution in [3.63, 3.8) is 0 Å². The first-order valence-corrected chi connectivity index (χ1v) is 8.97. The van der Waals surface area contributed by atoms with Crippen molar-refractivity contribution in [3.8, 4) is 0 Å². The molecule has 6 heteroatoms. The largest absolute Gasteiger partial charge is 0.325 e. The Morgan fingerprint density at radius 3 is 2.00 bits per heavy atom. The van der Waals surface area contributed by atoms with E-state index in [9.17, 15) is 9.59 Å². The summed E-state index contributed by atoms with van der Waals surface area (Å²) in [6.07, 6.45) is 0. The van der Waals surface area contributed by atoms with Crippen molar-refractivity contribution < 1.29 is 9.59 Å². The molecule has 0 saturated carbocycles. The van der Waals surface area contributed by atoms with Gasteiger partial charge < -0.3 is 10.6 Å². The minimum Gasteiger partial charge on any atom is -0.325 e. The van der Waals surface area contributed by atoms with E-state index in [0.717, 1.165) is 11.3 Å². The van der Waals surface area contributed by atoms with Gasteiger partial charge in [-0.1, -0.05) is 17.7 Å². The highest BCUT2D eigenvalue weighted by Gasteiger charge is 2.07. The highest BCUT2D eigenvalue weighted by Crippen LogP contribution is 2.15. The summed E-state index contributed by atoms with van der Waals surface area (Å²) < 4.78 is 0. The number of rotatable bonds is 6. The lowest BCUT2D eigenvalue weighted by atomic mass is 10.1. The summed E-state index contributed by atoms with van der Waals surface area (Å²) in [6.45, 7) is 4.02. The van der Waals surface area contributed by atoms with Gasteiger partial charge in [-0.2, -0.15) is 0 Å². The van der Waals surface area contributed by atoms with Gasteiger partial charge >= 0.3 is 0 Å². The van der Waals surface area contributed by atoms with E-state index in [-0.39, 0.29) is 23.3 Å². The van der Waals surface area contributed by atoms with Gasteiger partial charge in [-0.15, -0.1) is 11.8 Å². The van der Waals surface area contributed by atoms with E-state index in [0.29, 0.717) is 10.7 Å². The van der Waals surface area contributed by atoms with E-state index >= 15 is 0 Å². The average molecular weight is 363 g/mol. The van der Waals surface area contributed by atoms with Crippen LogP contribution in [0.1, 0.15) is 11.1 Å². The molecule has 0 unspecified atom stereocenters. The van der Waals surface area contributed by atoms with Gasteiger partial charge in [-0.05, 0) is 61.4 Å². The first kappa shape index (κ1) is 18.4. The van der Waals surface area contributed by atoms with E-state index in [1.165, 1.54) is 17.3 Å². The van der Waals surface area contributed by atoms with E-state index in [1.807, 2.05) is 32.0 Å². The number of carbonyl (C=O) groups excluding carboxylic acids is 2. The molecule has 4 nitrogen and oxygen atoms in total. The van der Waals surface area contributed by atoms with Crippen molar-refractivity contribution >= 4 is 46.6 Å². The molecule has 0 heterocycles. The molecule has 0 aliphatic carbocycles. The summed E-state index contributed by atoms with van der Waals surface area (Å²) in [5.74, 6) is 0.160. The predicted molar refractivity (Wildman–Crippen MR) is 102 cm³/mol. The molecule has 0 radical (unpaired) electrons. The minimum absolute atomic E-state index is 0.123. The Kier molecular flexibility index (Phi) is 6.70. The molecule has 2 aromatic carbocycles. The van der Waals surface area contributed by atoms with E-state index in [4.69, 9.17) is 11.6 Å². The molecule has 2 amide bonds. The number of anilines is 2. The summed E-state index contributed by atoms with van der Waals surface area (Å²) in [5, 5.41) is 6.21. The second kappa shape index (κ2) is 8.76. The second-order valence-corrected chi connectivity index (χ2v) is 6.82. The zero-order valence-electron chi connectivity index (χ0n) is 13.6. The van der Waals surface area contributed by atoms with Gasteiger partial charge in [0.05, 0.1) is 11.5 Å². The van der Waals surface area contributed by atoms with Crippen LogP contribution in [0.3, 0.4) is 0 Å². The first-order chi connectivity index (χ1) is 11.4. The monoisotopic (exact) mass is 362 g/mol. The molecule has 0 bridgehead atoms. The van der Waals surface area contributed by atoms with Crippen molar-refractivity contribution in [1.29, 1.82) is 0 Å². The lowest BCUT2D eigenvalue weighted by Gasteiger charge is -2.08. The number of thioether (sulfide) groups is 1. The van der Waals surface area contributed by atoms with E-state index in [1.54, 1.807) is 24.3 Å². The molecular formula is C18H19ClN2O2S. The van der Waals surface area contributed by atoms with Gasteiger partial charge in [0.15, 0.2) is 0 Å². The number of hydrogen-bond acceptors (Lipinski definition) is 3. The Bertz CT molecular complexity index is 732. The molecule has 2 rings (SSSR count). The quantitative estimate of drug-likeness (QED) is 0.806. The Morgan fingerprint density at radius 2 is 1.42 bits per heavy atom. The van der Waals surface area contributed by atoms with Crippen molar-refractivity contribution in [2.24, 2.45) is 0 Å². The summed E-state index contributed by atoms with van der Waals surface area (Å²) in [6, 6.07) is 12.7. The van der Waals surface area contributed by atoms with Crippen LogP contribution in [0.15, 0.2) is 42.5 Å². The van der Waals surface area contributed by atoms with Gasteiger partial charge in [-0.3, -0.25) is 9.59 Å². The maximum atomic E-state index is 11.9. The number of halogens is 1. The fraction of sp³-hybridized carbons (Fsp3) is 0.222. The van der Waals surface area contributed by atoms with Crippen LogP contribution in [0.2, 0.25) is 5.02 Å². The summed E-state index contributed by atoms with van der Waals surface area (Å²) >= 11 is 7.06. The molecule has 0 fully saturated rings. The molecule has 0 saturated heterocycles. The second-order valence-electron chi connectivity index (χ2n) is 5.40. The number of benzene rings is 2. The Labute approximate surface area is 151 Å². The maximum Gasteiger partial charge on any atom is 0.234 e. The Morgan fingerprint density at radius 1 is 0.875 bits per heavy atom. The Balaban J connectivity index is 1.72. The van der Waals surface area contributed by atoms with Gasteiger partial charge in [0.2, 0.25) is 11.8 Å². The smallest absolute Gasteiger partial charge is 0.234 e. The van der Waals surface area contributed by atoms with Crippen molar-refractivity contribution in [2.75, 3.05) is 22.1 Å². The number of amides is 2. The normalized spacial score (nSPS) is 10.3. The maximum absolute atomic E-state index is 11.9. The van der Waals surface area contributed by atoms with Gasteiger partial charge in [0.1, 0.15) is 0 Å². The predicted octanol–water partition coefficient (Wildman–Crippen LogP) is 4.27. The molecular weight excluding hydrogens is 344 g/mol. The minimum atomic E-state index is -0.152. The van der Waals surface area contributed by atoms with Crippen LogP contribution >= 0.6 is 23.4 Å². The fourth-order valence-corrected chi connectivity index (χ4v) is 2.73. The lowest BCUT2D eigenvalue weighted by Crippen LogP contribution is -2.18. The van der Waals surface area contributed by atoms with Crippen LogP contribution < -0.4 is 10.6 Å². The zero-order chi connectivity index (χ0) is 17.5. The van der Waals surface area contributed by atoms with Gasteiger partial charge in [0.25, 0.3) is 0 Å². The Hall–Kier alpha value is -1.98. The molecule has 0 atom stereocenters. The van der Waals surface area contributed by atoms with Gasteiger partial charge in [-0.25, -0.2) is 0 Å². The molecule has 0 aliphatic heterocycles. The topological polar surface area (TPSA) is 58.2 Å². The summed E-state index contributed by atoms with van der Waals surface area (Å²) in [5.41, 5.74) is 3.77. The van der Waals surface area contributed by atoms with Crippen molar-refractivity contribution in [1.82, 2.24) is 0 Å². The third-order valence-electron chi connectivity index (χ3n) is 3.38. The summed E-state index contributed by atoms with van der Waals surface area (Å²) in [4.78, 5) is 23.7. The lowest BCUT2D eigenvalue weighted by molar-refractivity contribution is -0.114. The van der Waals surface area contributed by atoms with Gasteiger partial charge in [0, 0.05) is 16.4 Å². The van der Waals surface area contributed by atoms with Crippen LogP contribution in [-0.2, 0) is 9.59 Å². The first-order valence-electron chi connectivity index (χ1n) is 7.44. The average Bonchev–Trinajstić information content (AvgIpc) is 2.53. The van der Waals surface area contributed by atoms with Crippen molar-refractivity contribution in [3.05, 3.63) is 58.6 Å². The number of carbonyl (C=O) groups is 2. The molecule has 0 aromatic heterocycles. The van der Waals surface area contributed by atoms with Crippen LogP contribution in [0.4, 0.5) is 11.4 Å². The fourth-order valence-electron chi connectivity index (χ4n) is 1.98. The van der Waals surface area contributed by atoms with Crippen molar-refractivity contribution in [2.45, 2.75) is 13.8 Å². The third kappa shape index (κ3) is 5.91. The third-order valence-corrected chi connectivity index (χ3v) is 4.57. The van der Waals surface area contributed by atoms with E-state index in [2.05, 4.69) is 10.6 Å². The molecule has 2 aromatic rings. The highest BCUT2D eigenvalue weighted by molar-refractivity contribution is 8.00. The number of hydrogen-bond donors (Lipinski definition) is 2. The standard InChI is InChI=1S/C18H19ClN2O2S/c1-12-3-6-16(9-13(12)2)21-18(23)11-24-10-17(22)20-15-7-4-14(19)5-8-15/h3-9H,10-11H2,1-2H3,(H,20,22)(H,21,23). The number of nitrogens with one attached hydrogen (secondary N) is 2. The van der Waals surface area contributed by atoms with Crippen LogP contribution in [0.25, 0.3) is 0 Å². The van der Waals surface area contributed by atoms with Crippen LogP contribution in [0.5, 0.6) is 0 Å². The SMILES string of the molecule is Cc1ccc(NC(=O)CSCC(=O)Nc2ccc(Cl)cc2)cc1C. The zero-order valence-corrected chi connectivity index (χ0v) is 15.1. The highest BCUT2D eigenvalue weighted by atomic mass is 35.5. The summed E-state index contributed by atoms with van der Waals surface area (Å²) in [7, 11) is 0. The molecule has 126 valence electrons. The molecule has 24 heavy (non-hydrogen) atoms. The molecule has 0 spiro atoms. The number of aryl methyl sites for hydroxylation is 2. The van der Waals surface area contributed by atoms with E-state index < -0.39 is 0 Å². The molecule has 0 aliphatic rings. The molecule has 2 N–H and O–H groups in total. The van der Waals surface area contributed by atoms with Crippen LogP contribution in [-0.4, -0.2) is 23.3 Å².